The van der Waals surface area contributed by atoms with E-state index in [0.717, 1.165) is 10.9 Å². The van der Waals surface area contributed by atoms with Gasteiger partial charge in [0.05, 0.1) is 0 Å². The lowest BCUT2D eigenvalue weighted by molar-refractivity contribution is 0.486. The minimum atomic E-state index is 0.611. The fraction of sp³-hybridized carbons (Fsp3) is 0.714. The normalized spacial score (nSPS) is 20.0. The third-order valence-electron chi connectivity index (χ3n) is 2.91. The summed E-state index contributed by atoms with van der Waals surface area (Å²) in [4.78, 5) is 1.37. The highest BCUT2D eigenvalue weighted by Gasteiger charge is 2.17. The summed E-state index contributed by atoms with van der Waals surface area (Å²) in [6, 6.07) is 0.611. The molecule has 1 unspecified atom stereocenters. The monoisotopic (exact) mass is 239 g/mol. The zero-order valence-electron chi connectivity index (χ0n) is 10.9. The molecule has 1 aliphatic rings. The fourth-order valence-corrected chi connectivity index (χ4v) is 3.10. The van der Waals surface area contributed by atoms with E-state index in [2.05, 4.69) is 38.7 Å². The maximum Gasteiger partial charge on any atom is 0.0404 e. The van der Waals surface area contributed by atoms with Crippen LogP contribution in [0.2, 0.25) is 0 Å². The molecule has 0 aromatic heterocycles. The molecule has 0 radical (unpaired) electrons. The van der Waals surface area contributed by atoms with Crippen LogP contribution in [-0.4, -0.2) is 11.3 Å². The van der Waals surface area contributed by atoms with Crippen LogP contribution in [0.25, 0.3) is 0 Å². The van der Waals surface area contributed by atoms with Crippen LogP contribution in [0.4, 0.5) is 0 Å². The second-order valence-electron chi connectivity index (χ2n) is 4.63. The Kier molecular flexibility index (Phi) is 6.04. The molecule has 0 aromatic carbocycles. The highest BCUT2D eigenvalue weighted by atomic mass is 32.2. The average molecular weight is 239 g/mol. The van der Waals surface area contributed by atoms with Crippen LogP contribution in [0.5, 0.6) is 0 Å². The highest BCUT2D eigenvalue weighted by molar-refractivity contribution is 8.04. The van der Waals surface area contributed by atoms with Gasteiger partial charge in [-0.3, -0.25) is 0 Å². The molecule has 1 nitrogen and oxygen atoms in total. The second-order valence-corrected chi connectivity index (χ2v) is 6.11. The van der Waals surface area contributed by atoms with Crippen molar-refractivity contribution < 1.29 is 0 Å². The number of hydrogen-bond donors (Lipinski definition) is 1. The lowest BCUT2D eigenvalue weighted by Gasteiger charge is -2.21. The SMILES string of the molecule is C=C(NC(CCC)CCC)C1=CCC(C)S1. The van der Waals surface area contributed by atoms with Crippen molar-refractivity contribution in [1.82, 2.24) is 5.32 Å². The molecule has 16 heavy (non-hydrogen) atoms. The van der Waals surface area contributed by atoms with E-state index in [1.807, 2.05) is 11.8 Å². The van der Waals surface area contributed by atoms with Gasteiger partial charge in [-0.05, 0) is 19.3 Å². The van der Waals surface area contributed by atoms with Gasteiger partial charge in [-0.1, -0.05) is 46.3 Å². The van der Waals surface area contributed by atoms with Crippen LogP contribution in [0.15, 0.2) is 23.3 Å². The molecule has 0 aliphatic carbocycles. The Morgan fingerprint density at radius 2 is 2.12 bits per heavy atom. The van der Waals surface area contributed by atoms with Gasteiger partial charge in [0.1, 0.15) is 0 Å². The first kappa shape index (κ1) is 13.7. The zero-order valence-corrected chi connectivity index (χ0v) is 11.7. The first-order valence-electron chi connectivity index (χ1n) is 6.50. The first-order chi connectivity index (χ1) is 7.67. The standard InChI is InChI=1S/C14H25NS/c1-5-7-13(8-6-2)15-12(4)14-10-9-11(3)16-14/h10-11,13,15H,4-9H2,1-3H3. The van der Waals surface area contributed by atoms with E-state index < -0.39 is 0 Å². The molecule has 92 valence electrons. The molecule has 1 atom stereocenters. The van der Waals surface area contributed by atoms with Gasteiger partial charge in [0.25, 0.3) is 0 Å². The predicted octanol–water partition coefficient (Wildman–Crippen LogP) is 4.47. The minimum absolute atomic E-state index is 0.611. The summed E-state index contributed by atoms with van der Waals surface area (Å²) in [6.07, 6.45) is 8.49. The van der Waals surface area contributed by atoms with Crippen LogP contribution in [0.1, 0.15) is 52.9 Å². The molecule has 0 fully saturated rings. The summed E-state index contributed by atoms with van der Waals surface area (Å²) < 4.78 is 0. The Morgan fingerprint density at radius 1 is 1.50 bits per heavy atom. The Morgan fingerprint density at radius 3 is 2.56 bits per heavy atom. The van der Waals surface area contributed by atoms with Crippen molar-refractivity contribution in [2.24, 2.45) is 0 Å². The lowest BCUT2D eigenvalue weighted by Crippen LogP contribution is -2.28. The van der Waals surface area contributed by atoms with Crippen molar-refractivity contribution in [1.29, 1.82) is 0 Å². The van der Waals surface area contributed by atoms with Crippen molar-refractivity contribution in [3.8, 4) is 0 Å². The molecule has 1 aliphatic heterocycles. The van der Waals surface area contributed by atoms with Gasteiger partial charge in [-0.25, -0.2) is 0 Å². The quantitative estimate of drug-likeness (QED) is 0.703. The second kappa shape index (κ2) is 7.05. The maximum absolute atomic E-state index is 4.18. The summed E-state index contributed by atoms with van der Waals surface area (Å²) >= 11 is 1.95. The molecular weight excluding hydrogens is 214 g/mol. The summed E-state index contributed by atoms with van der Waals surface area (Å²) in [6.45, 7) is 10.9. The van der Waals surface area contributed by atoms with Crippen LogP contribution in [0.3, 0.4) is 0 Å². The fourth-order valence-electron chi connectivity index (χ4n) is 2.08. The zero-order chi connectivity index (χ0) is 12.0. The van der Waals surface area contributed by atoms with Gasteiger partial charge in [-0.15, -0.1) is 11.8 Å². The van der Waals surface area contributed by atoms with Crippen molar-refractivity contribution in [3.63, 3.8) is 0 Å². The van der Waals surface area contributed by atoms with Gasteiger partial charge in [-0.2, -0.15) is 0 Å². The van der Waals surface area contributed by atoms with E-state index in [0.29, 0.717) is 6.04 Å². The molecule has 0 amide bonds. The first-order valence-corrected chi connectivity index (χ1v) is 7.37. The Labute approximate surface area is 105 Å². The van der Waals surface area contributed by atoms with E-state index in [1.165, 1.54) is 37.0 Å². The topological polar surface area (TPSA) is 12.0 Å². The predicted molar refractivity (Wildman–Crippen MR) is 75.6 cm³/mol. The molecule has 1 rings (SSSR count). The minimum Gasteiger partial charge on any atom is -0.382 e. The van der Waals surface area contributed by atoms with E-state index in [1.54, 1.807) is 0 Å². The van der Waals surface area contributed by atoms with E-state index >= 15 is 0 Å². The number of allylic oxidation sites excluding steroid dienone is 1. The van der Waals surface area contributed by atoms with Gasteiger partial charge in [0, 0.05) is 21.9 Å². The van der Waals surface area contributed by atoms with Crippen molar-refractivity contribution >= 4 is 11.8 Å². The highest BCUT2D eigenvalue weighted by Crippen LogP contribution is 2.35. The number of rotatable bonds is 7. The summed E-state index contributed by atoms with van der Waals surface area (Å²) in [5.74, 6) is 0. The molecule has 0 spiro atoms. The molecule has 0 aromatic rings. The number of hydrogen-bond acceptors (Lipinski definition) is 2. The molecule has 1 heterocycles. The van der Waals surface area contributed by atoms with Crippen LogP contribution >= 0.6 is 11.8 Å². The van der Waals surface area contributed by atoms with Gasteiger partial charge >= 0.3 is 0 Å². The van der Waals surface area contributed by atoms with Crippen LogP contribution < -0.4 is 5.32 Å². The Balaban J connectivity index is 2.41. The number of nitrogens with one attached hydrogen (secondary N) is 1. The maximum atomic E-state index is 4.18. The smallest absolute Gasteiger partial charge is 0.0404 e. The van der Waals surface area contributed by atoms with E-state index in [9.17, 15) is 0 Å². The Hall–Kier alpha value is -0.370. The summed E-state index contributed by atoms with van der Waals surface area (Å²) in [5, 5.41) is 4.32. The molecule has 0 saturated carbocycles. The largest absolute Gasteiger partial charge is 0.382 e. The molecule has 0 bridgehead atoms. The van der Waals surface area contributed by atoms with Crippen LogP contribution in [-0.2, 0) is 0 Å². The van der Waals surface area contributed by atoms with E-state index in [-0.39, 0.29) is 0 Å². The molecule has 2 heteroatoms. The van der Waals surface area contributed by atoms with Gasteiger partial charge < -0.3 is 5.32 Å². The molecular formula is C14H25NS. The Bertz CT molecular complexity index is 251. The van der Waals surface area contributed by atoms with Gasteiger partial charge in [0.2, 0.25) is 0 Å². The van der Waals surface area contributed by atoms with E-state index in [4.69, 9.17) is 0 Å². The third-order valence-corrected chi connectivity index (χ3v) is 4.18. The number of thioether (sulfide) groups is 1. The van der Waals surface area contributed by atoms with Crippen LogP contribution in [0, 0.1) is 0 Å². The third kappa shape index (κ3) is 4.25. The van der Waals surface area contributed by atoms with Crippen molar-refractivity contribution in [2.45, 2.75) is 64.2 Å². The summed E-state index contributed by atoms with van der Waals surface area (Å²) in [7, 11) is 0. The molecule has 0 saturated heterocycles. The van der Waals surface area contributed by atoms with Gasteiger partial charge in [0.15, 0.2) is 0 Å². The average Bonchev–Trinajstić information content (AvgIpc) is 2.65. The molecule has 1 N–H and O–H groups in total. The lowest BCUT2D eigenvalue weighted by atomic mass is 10.1. The summed E-state index contributed by atoms with van der Waals surface area (Å²) in [5.41, 5.74) is 1.14. The van der Waals surface area contributed by atoms with Crippen molar-refractivity contribution in [2.75, 3.05) is 0 Å². The van der Waals surface area contributed by atoms with Crippen molar-refractivity contribution in [3.05, 3.63) is 23.3 Å².